The third-order valence-electron chi connectivity index (χ3n) is 4.87. The van der Waals surface area contributed by atoms with Gasteiger partial charge in [0.15, 0.2) is 5.82 Å². The average Bonchev–Trinajstić information content (AvgIpc) is 2.72. The third-order valence-corrected chi connectivity index (χ3v) is 4.87. The molecule has 0 aliphatic rings. The normalized spacial score (nSPS) is 11.2. The maximum Gasteiger partial charge on any atom is 0.162 e. The number of nitrogens with zero attached hydrogens (tertiary/aromatic N) is 3. The number of aromatic nitrogens is 2. The predicted molar refractivity (Wildman–Crippen MR) is 114 cm³/mol. The number of anilines is 1. The summed E-state index contributed by atoms with van der Waals surface area (Å²) in [6.45, 7) is 1.93. The second-order valence-corrected chi connectivity index (χ2v) is 6.83. The van der Waals surface area contributed by atoms with Gasteiger partial charge in [-0.15, -0.1) is 0 Å². The lowest BCUT2D eigenvalue weighted by Gasteiger charge is -2.20. The smallest absolute Gasteiger partial charge is 0.162 e. The molecule has 0 aliphatic carbocycles. The van der Waals surface area contributed by atoms with Crippen molar-refractivity contribution in [2.45, 2.75) is 6.42 Å². The first-order valence-electron chi connectivity index (χ1n) is 9.38. The molecule has 0 spiro atoms. The van der Waals surface area contributed by atoms with Gasteiger partial charge >= 0.3 is 0 Å². The molecule has 1 aromatic heterocycles. The summed E-state index contributed by atoms with van der Waals surface area (Å²) in [6.07, 6.45) is 1.07. The fraction of sp³-hybridized carbons (Fsp3) is 0.217. The highest BCUT2D eigenvalue weighted by Crippen LogP contribution is 2.28. The van der Waals surface area contributed by atoms with E-state index < -0.39 is 0 Å². The fourth-order valence-electron chi connectivity index (χ4n) is 3.41. The van der Waals surface area contributed by atoms with Crippen LogP contribution < -0.4 is 10.2 Å². The lowest BCUT2D eigenvalue weighted by molar-refractivity contribution is 0.710. The third kappa shape index (κ3) is 3.62. The number of benzene rings is 3. The minimum Gasteiger partial charge on any atom is -0.359 e. The molecule has 0 bridgehead atoms. The maximum atomic E-state index is 4.95. The average molecular weight is 356 g/mol. The lowest BCUT2D eigenvalue weighted by Crippen LogP contribution is -2.23. The highest BCUT2D eigenvalue weighted by atomic mass is 15.2. The van der Waals surface area contributed by atoms with Gasteiger partial charge in [0.1, 0.15) is 5.82 Å². The highest BCUT2D eigenvalue weighted by molar-refractivity contribution is 5.92. The summed E-state index contributed by atoms with van der Waals surface area (Å²) in [5, 5.41) is 6.73. The van der Waals surface area contributed by atoms with Crippen molar-refractivity contribution < 1.29 is 0 Å². The number of para-hydroxylation sites is 1. The SMILES string of the molecule is CNCCCN(C)c1nc(-c2ccc3ccccc3c2)nc2ccccc12. The number of fused-ring (bicyclic) bond motifs is 2. The molecule has 0 amide bonds. The minimum atomic E-state index is 0.773. The van der Waals surface area contributed by atoms with E-state index in [1.807, 2.05) is 19.2 Å². The molecule has 0 saturated carbocycles. The van der Waals surface area contributed by atoms with E-state index in [4.69, 9.17) is 9.97 Å². The van der Waals surface area contributed by atoms with Crippen LogP contribution in [0.2, 0.25) is 0 Å². The molecule has 136 valence electrons. The van der Waals surface area contributed by atoms with Gasteiger partial charge in [0.2, 0.25) is 0 Å². The van der Waals surface area contributed by atoms with Gasteiger partial charge in [0.25, 0.3) is 0 Å². The molecule has 1 N–H and O–H groups in total. The predicted octanol–water partition coefficient (Wildman–Crippen LogP) is 4.50. The Balaban J connectivity index is 1.80. The van der Waals surface area contributed by atoms with Crippen LogP contribution in [0.4, 0.5) is 5.82 Å². The molecular formula is C23H24N4. The molecule has 4 nitrogen and oxygen atoms in total. The van der Waals surface area contributed by atoms with E-state index in [-0.39, 0.29) is 0 Å². The van der Waals surface area contributed by atoms with Gasteiger partial charge in [-0.25, -0.2) is 9.97 Å². The first kappa shape index (κ1) is 17.4. The van der Waals surface area contributed by atoms with E-state index in [0.717, 1.165) is 47.6 Å². The minimum absolute atomic E-state index is 0.773. The van der Waals surface area contributed by atoms with Crippen LogP contribution in [0, 0.1) is 0 Å². The van der Waals surface area contributed by atoms with Gasteiger partial charge in [-0.05, 0) is 49.0 Å². The van der Waals surface area contributed by atoms with Crippen molar-refractivity contribution in [1.82, 2.24) is 15.3 Å². The molecule has 27 heavy (non-hydrogen) atoms. The van der Waals surface area contributed by atoms with E-state index >= 15 is 0 Å². The molecule has 0 aliphatic heterocycles. The number of nitrogens with one attached hydrogen (secondary N) is 1. The Morgan fingerprint density at radius 2 is 1.67 bits per heavy atom. The Morgan fingerprint density at radius 3 is 2.52 bits per heavy atom. The zero-order valence-corrected chi connectivity index (χ0v) is 15.8. The summed E-state index contributed by atoms with van der Waals surface area (Å²) in [5.74, 6) is 1.76. The highest BCUT2D eigenvalue weighted by Gasteiger charge is 2.13. The van der Waals surface area contributed by atoms with Crippen LogP contribution in [0.3, 0.4) is 0 Å². The summed E-state index contributed by atoms with van der Waals surface area (Å²) in [5.41, 5.74) is 2.02. The molecule has 0 atom stereocenters. The Morgan fingerprint density at radius 1 is 0.889 bits per heavy atom. The quantitative estimate of drug-likeness (QED) is 0.517. The Hall–Kier alpha value is -2.98. The lowest BCUT2D eigenvalue weighted by atomic mass is 10.1. The van der Waals surface area contributed by atoms with Crippen LogP contribution >= 0.6 is 0 Å². The Kier molecular flexibility index (Phi) is 4.99. The molecule has 3 aromatic carbocycles. The number of hydrogen-bond acceptors (Lipinski definition) is 4. The van der Waals surface area contributed by atoms with Crippen molar-refractivity contribution in [2.24, 2.45) is 0 Å². The first-order chi connectivity index (χ1) is 13.3. The molecule has 0 radical (unpaired) electrons. The summed E-state index contributed by atoms with van der Waals surface area (Å²) in [7, 11) is 4.09. The topological polar surface area (TPSA) is 41.0 Å². The van der Waals surface area contributed by atoms with Crippen LogP contribution in [-0.2, 0) is 0 Å². The number of hydrogen-bond donors (Lipinski definition) is 1. The second-order valence-electron chi connectivity index (χ2n) is 6.83. The monoisotopic (exact) mass is 356 g/mol. The fourth-order valence-corrected chi connectivity index (χ4v) is 3.41. The van der Waals surface area contributed by atoms with Crippen LogP contribution in [0.25, 0.3) is 33.1 Å². The van der Waals surface area contributed by atoms with Gasteiger partial charge < -0.3 is 10.2 Å². The second kappa shape index (κ2) is 7.72. The van der Waals surface area contributed by atoms with Gasteiger partial charge in [-0.1, -0.05) is 48.5 Å². The molecule has 0 unspecified atom stereocenters. The first-order valence-corrected chi connectivity index (χ1v) is 9.38. The zero-order chi connectivity index (χ0) is 18.6. The van der Waals surface area contributed by atoms with Crippen molar-refractivity contribution in [2.75, 3.05) is 32.1 Å². The molecule has 4 aromatic rings. The summed E-state index contributed by atoms with van der Waals surface area (Å²) >= 11 is 0. The van der Waals surface area contributed by atoms with E-state index in [9.17, 15) is 0 Å². The van der Waals surface area contributed by atoms with Crippen LogP contribution in [-0.4, -0.2) is 37.2 Å². The molecular weight excluding hydrogens is 332 g/mol. The zero-order valence-electron chi connectivity index (χ0n) is 15.8. The van der Waals surface area contributed by atoms with Crippen molar-refractivity contribution in [1.29, 1.82) is 0 Å². The largest absolute Gasteiger partial charge is 0.359 e. The van der Waals surface area contributed by atoms with Crippen LogP contribution in [0.5, 0.6) is 0 Å². The molecule has 1 heterocycles. The maximum absolute atomic E-state index is 4.95. The molecule has 4 heteroatoms. The van der Waals surface area contributed by atoms with Crippen molar-refractivity contribution in [3.8, 4) is 11.4 Å². The molecule has 4 rings (SSSR count). The summed E-state index contributed by atoms with van der Waals surface area (Å²) in [6, 6.07) is 23.0. The summed E-state index contributed by atoms with van der Waals surface area (Å²) < 4.78 is 0. The van der Waals surface area contributed by atoms with Crippen LogP contribution in [0.15, 0.2) is 66.7 Å². The van der Waals surface area contributed by atoms with E-state index in [1.165, 1.54) is 10.8 Å². The standard InChI is InChI=1S/C23H24N4/c1-24-14-7-15-27(2)23-20-10-5-6-11-21(20)25-22(26-23)19-13-12-17-8-3-4-9-18(17)16-19/h3-6,8-13,16,24H,7,14-15H2,1-2H3. The molecule has 0 fully saturated rings. The number of rotatable bonds is 6. The van der Waals surface area contributed by atoms with E-state index in [2.05, 4.69) is 71.9 Å². The van der Waals surface area contributed by atoms with E-state index in [1.54, 1.807) is 0 Å². The van der Waals surface area contributed by atoms with Crippen molar-refractivity contribution in [3.05, 3.63) is 66.7 Å². The van der Waals surface area contributed by atoms with Gasteiger partial charge in [-0.3, -0.25) is 0 Å². The Labute approximate surface area is 159 Å². The van der Waals surface area contributed by atoms with Gasteiger partial charge in [0, 0.05) is 24.5 Å². The van der Waals surface area contributed by atoms with Gasteiger partial charge in [-0.2, -0.15) is 0 Å². The molecule has 0 saturated heterocycles. The van der Waals surface area contributed by atoms with Crippen LogP contribution in [0.1, 0.15) is 6.42 Å². The van der Waals surface area contributed by atoms with Crippen molar-refractivity contribution >= 4 is 27.5 Å². The van der Waals surface area contributed by atoms with Crippen molar-refractivity contribution in [3.63, 3.8) is 0 Å². The Bertz CT molecular complexity index is 1070. The van der Waals surface area contributed by atoms with E-state index in [0.29, 0.717) is 0 Å². The summed E-state index contributed by atoms with van der Waals surface area (Å²) in [4.78, 5) is 12.0. The van der Waals surface area contributed by atoms with Gasteiger partial charge in [0.05, 0.1) is 5.52 Å².